The molecule has 3 N–H and O–H groups in total. The number of aromatic hydroxyl groups is 1. The molecule has 116 valence electrons. The van der Waals surface area contributed by atoms with E-state index in [1.807, 2.05) is 0 Å². The van der Waals surface area contributed by atoms with Crippen LogP contribution in [0.15, 0.2) is 18.2 Å². The summed E-state index contributed by atoms with van der Waals surface area (Å²) in [5.41, 5.74) is -0.627. The molecule has 9 heteroatoms. The van der Waals surface area contributed by atoms with Crippen LogP contribution in [0.3, 0.4) is 0 Å². The molecule has 0 aliphatic carbocycles. The summed E-state index contributed by atoms with van der Waals surface area (Å²) < 4.78 is 36.9. The first kappa shape index (κ1) is 16.6. The van der Waals surface area contributed by atoms with Gasteiger partial charge < -0.3 is 20.4 Å². The molecule has 0 radical (unpaired) electrons. The summed E-state index contributed by atoms with van der Waals surface area (Å²) in [6, 6.07) is 2.01. The number of alkyl halides is 3. The summed E-state index contributed by atoms with van der Waals surface area (Å²) in [7, 11) is 0. The fraction of sp³-hybridized carbons (Fsp3) is 0.333. The molecule has 0 spiro atoms. The van der Waals surface area contributed by atoms with Crippen LogP contribution in [0.2, 0.25) is 0 Å². The maximum absolute atomic E-state index is 12.3. The Labute approximate surface area is 117 Å². The van der Waals surface area contributed by atoms with Crippen molar-refractivity contribution in [2.45, 2.75) is 13.1 Å². The van der Waals surface area contributed by atoms with Crippen LogP contribution >= 0.6 is 0 Å². The fourth-order valence-electron chi connectivity index (χ4n) is 1.56. The van der Waals surface area contributed by atoms with E-state index in [1.54, 1.807) is 0 Å². The van der Waals surface area contributed by atoms with E-state index in [0.717, 1.165) is 18.2 Å². The highest BCUT2D eigenvalue weighted by Crippen LogP contribution is 2.22. The van der Waals surface area contributed by atoms with Gasteiger partial charge in [-0.15, -0.1) is 0 Å². The summed E-state index contributed by atoms with van der Waals surface area (Å²) in [4.78, 5) is 23.2. The monoisotopic (exact) mass is 306 g/mol. The van der Waals surface area contributed by atoms with E-state index in [2.05, 4.69) is 5.32 Å². The lowest BCUT2D eigenvalue weighted by molar-refractivity contribution is -0.139. The Bertz CT molecular complexity index is 546. The smallest absolute Gasteiger partial charge is 0.406 e. The molecule has 21 heavy (non-hydrogen) atoms. The summed E-state index contributed by atoms with van der Waals surface area (Å²) in [6.07, 6.45) is -4.56. The highest BCUT2D eigenvalue weighted by molar-refractivity contribution is 6.00. The summed E-state index contributed by atoms with van der Waals surface area (Å²) in [5, 5.41) is 20.2. The van der Waals surface area contributed by atoms with Crippen LogP contribution < -0.4 is 5.32 Å². The van der Waals surface area contributed by atoms with Gasteiger partial charge in [0.05, 0.1) is 11.3 Å². The van der Waals surface area contributed by atoms with Crippen LogP contribution in [0.4, 0.5) is 23.7 Å². The Kier molecular flexibility index (Phi) is 5.01. The molecular formula is C12H13F3N2O4. The molecule has 0 atom stereocenters. The first-order valence-corrected chi connectivity index (χ1v) is 5.83. The molecule has 0 unspecified atom stereocenters. The lowest BCUT2D eigenvalue weighted by atomic mass is 10.1. The molecule has 0 heterocycles. The lowest BCUT2D eigenvalue weighted by Gasteiger charge is -2.23. The summed E-state index contributed by atoms with van der Waals surface area (Å²) in [6.45, 7) is -0.290. The van der Waals surface area contributed by atoms with Gasteiger partial charge in [0.25, 0.3) is 0 Å². The van der Waals surface area contributed by atoms with Crippen molar-refractivity contribution in [2.75, 3.05) is 18.4 Å². The Balaban J connectivity index is 2.94. The number of aromatic carboxylic acids is 1. The highest BCUT2D eigenvalue weighted by atomic mass is 19.4. The molecule has 0 saturated carbocycles. The van der Waals surface area contributed by atoms with Crippen LogP contribution in [-0.4, -0.2) is 46.4 Å². The normalized spacial score (nSPS) is 11.0. The van der Waals surface area contributed by atoms with E-state index < -0.39 is 30.3 Å². The second-order valence-electron chi connectivity index (χ2n) is 4.09. The predicted molar refractivity (Wildman–Crippen MR) is 67.4 cm³/mol. The molecule has 0 saturated heterocycles. The van der Waals surface area contributed by atoms with E-state index in [0.29, 0.717) is 4.90 Å². The zero-order valence-electron chi connectivity index (χ0n) is 10.9. The van der Waals surface area contributed by atoms with Gasteiger partial charge in [0, 0.05) is 6.54 Å². The number of rotatable bonds is 4. The summed E-state index contributed by atoms with van der Waals surface area (Å²) in [5.74, 6) is -1.77. The predicted octanol–water partition coefficient (Wildman–Crippen LogP) is 2.51. The van der Waals surface area contributed by atoms with Crippen molar-refractivity contribution in [1.82, 2.24) is 4.90 Å². The number of halogens is 3. The average Bonchev–Trinajstić information content (AvgIpc) is 2.36. The number of benzene rings is 1. The number of urea groups is 1. The number of carbonyl (C=O) groups is 2. The number of phenolic OH excluding ortho intramolecular Hbond substituents is 1. The van der Waals surface area contributed by atoms with E-state index in [4.69, 9.17) is 5.11 Å². The Morgan fingerprint density at radius 1 is 1.33 bits per heavy atom. The van der Waals surface area contributed by atoms with Crippen molar-refractivity contribution in [1.29, 1.82) is 0 Å². The van der Waals surface area contributed by atoms with Crippen molar-refractivity contribution in [2.24, 2.45) is 0 Å². The van der Waals surface area contributed by atoms with Crippen LogP contribution in [0, 0.1) is 0 Å². The minimum Gasteiger partial charge on any atom is -0.508 e. The molecule has 0 bridgehead atoms. The van der Waals surface area contributed by atoms with Gasteiger partial charge in [-0.1, -0.05) is 0 Å². The largest absolute Gasteiger partial charge is 0.508 e. The second kappa shape index (κ2) is 6.33. The molecule has 1 aromatic carbocycles. The number of amides is 2. The molecule has 6 nitrogen and oxygen atoms in total. The van der Waals surface area contributed by atoms with E-state index in [-0.39, 0.29) is 18.0 Å². The van der Waals surface area contributed by atoms with Crippen molar-refractivity contribution in [3.8, 4) is 5.75 Å². The van der Waals surface area contributed by atoms with Crippen molar-refractivity contribution < 1.29 is 33.0 Å². The lowest BCUT2D eigenvalue weighted by Crippen LogP contribution is -2.41. The molecular weight excluding hydrogens is 293 g/mol. The molecule has 0 aromatic heterocycles. The quantitative estimate of drug-likeness (QED) is 0.746. The maximum Gasteiger partial charge on any atom is 0.406 e. The van der Waals surface area contributed by atoms with E-state index >= 15 is 0 Å². The van der Waals surface area contributed by atoms with Gasteiger partial charge in [-0.05, 0) is 25.1 Å². The minimum atomic E-state index is -4.56. The van der Waals surface area contributed by atoms with Gasteiger partial charge in [-0.3, -0.25) is 0 Å². The molecule has 2 amide bonds. The number of carbonyl (C=O) groups excluding carboxylic acids is 1. The summed E-state index contributed by atoms with van der Waals surface area (Å²) >= 11 is 0. The molecule has 1 aromatic rings. The third-order valence-corrected chi connectivity index (χ3v) is 2.51. The zero-order valence-corrected chi connectivity index (χ0v) is 10.9. The Morgan fingerprint density at radius 3 is 2.43 bits per heavy atom. The van der Waals surface area contributed by atoms with Gasteiger partial charge in [-0.2, -0.15) is 13.2 Å². The SMILES string of the molecule is CCN(CC(F)(F)F)C(=O)Nc1ccc(O)cc1C(=O)O. The zero-order chi connectivity index (χ0) is 16.2. The van der Waals surface area contributed by atoms with E-state index in [9.17, 15) is 27.9 Å². The van der Waals surface area contributed by atoms with Gasteiger partial charge >= 0.3 is 18.2 Å². The molecule has 1 rings (SSSR count). The number of hydrogen-bond donors (Lipinski definition) is 3. The van der Waals surface area contributed by atoms with Gasteiger partial charge in [0.2, 0.25) is 0 Å². The second-order valence-corrected chi connectivity index (χ2v) is 4.09. The van der Waals surface area contributed by atoms with Crippen molar-refractivity contribution >= 4 is 17.7 Å². The minimum absolute atomic E-state index is 0.203. The fourth-order valence-corrected chi connectivity index (χ4v) is 1.56. The number of hydrogen-bond acceptors (Lipinski definition) is 3. The molecule has 0 aliphatic rings. The number of carboxylic acids is 1. The van der Waals surface area contributed by atoms with Gasteiger partial charge in [0.15, 0.2) is 0 Å². The first-order valence-electron chi connectivity index (χ1n) is 5.83. The highest BCUT2D eigenvalue weighted by Gasteiger charge is 2.32. The topological polar surface area (TPSA) is 89.9 Å². The van der Waals surface area contributed by atoms with Crippen LogP contribution in [-0.2, 0) is 0 Å². The molecule has 0 fully saturated rings. The standard InChI is InChI=1S/C12H13F3N2O4/c1-2-17(6-12(13,14)15)11(21)16-9-4-3-7(18)5-8(9)10(19)20/h3-5,18H,2,6H2,1H3,(H,16,21)(H,19,20). The van der Waals surface area contributed by atoms with Crippen molar-refractivity contribution in [3.05, 3.63) is 23.8 Å². The van der Waals surface area contributed by atoms with Crippen LogP contribution in [0.5, 0.6) is 5.75 Å². The van der Waals surface area contributed by atoms with Crippen LogP contribution in [0.25, 0.3) is 0 Å². The first-order chi connectivity index (χ1) is 9.64. The van der Waals surface area contributed by atoms with Crippen LogP contribution in [0.1, 0.15) is 17.3 Å². The van der Waals surface area contributed by atoms with Gasteiger partial charge in [-0.25, -0.2) is 9.59 Å². The number of nitrogens with zero attached hydrogens (tertiary/aromatic N) is 1. The maximum atomic E-state index is 12.3. The number of phenols is 1. The Hall–Kier alpha value is -2.45. The third-order valence-electron chi connectivity index (χ3n) is 2.51. The number of carboxylic acid groups (broad SMARTS) is 1. The Morgan fingerprint density at radius 2 is 1.95 bits per heavy atom. The van der Waals surface area contributed by atoms with Gasteiger partial charge in [0.1, 0.15) is 12.3 Å². The number of nitrogens with one attached hydrogen (secondary N) is 1. The average molecular weight is 306 g/mol. The van der Waals surface area contributed by atoms with Crippen molar-refractivity contribution in [3.63, 3.8) is 0 Å². The third kappa shape index (κ3) is 4.86. The number of anilines is 1. The molecule has 0 aliphatic heterocycles. The van der Waals surface area contributed by atoms with E-state index in [1.165, 1.54) is 6.92 Å².